The molecule has 3 heterocycles. The number of piperidine rings is 1. The van der Waals surface area contributed by atoms with Crippen molar-refractivity contribution in [2.75, 3.05) is 19.6 Å². The van der Waals surface area contributed by atoms with Crippen molar-refractivity contribution in [3.8, 4) is 0 Å². The van der Waals surface area contributed by atoms with Gasteiger partial charge in [-0.25, -0.2) is 14.8 Å². The molecular weight excluding hydrogens is 467 g/mol. The van der Waals surface area contributed by atoms with Gasteiger partial charge < -0.3 is 20.2 Å². The first-order valence-corrected chi connectivity index (χ1v) is 12.0. The number of likely N-dealkylation sites (tertiary alicyclic amines) is 1. The van der Waals surface area contributed by atoms with Gasteiger partial charge in [-0.2, -0.15) is 13.2 Å². The molecule has 2 atom stereocenters. The van der Waals surface area contributed by atoms with Crippen LogP contribution in [-0.2, 0) is 28.7 Å². The number of carboxylic acid groups (broad SMARTS) is 1. The second-order valence-electron chi connectivity index (χ2n) is 9.84. The van der Waals surface area contributed by atoms with Crippen molar-refractivity contribution in [2.24, 2.45) is 5.92 Å². The Hall–Kier alpha value is -2.92. The minimum Gasteiger partial charge on any atom is -0.465 e. The Morgan fingerprint density at radius 2 is 1.94 bits per heavy atom. The molecule has 2 aliphatic heterocycles. The number of alkyl halides is 3. The maximum atomic E-state index is 13.7. The van der Waals surface area contributed by atoms with Gasteiger partial charge >= 0.3 is 12.3 Å². The molecule has 1 saturated heterocycles. The Labute approximate surface area is 201 Å². The first-order chi connectivity index (χ1) is 16.5. The highest BCUT2D eigenvalue weighted by atomic mass is 19.4. The molecule has 3 amide bonds. The Kier molecular flexibility index (Phi) is 7.18. The minimum absolute atomic E-state index is 0.0257. The molecule has 12 heteroatoms. The average molecular weight is 498 g/mol. The van der Waals surface area contributed by atoms with Crippen molar-refractivity contribution < 1.29 is 32.7 Å². The van der Waals surface area contributed by atoms with Gasteiger partial charge in [0.15, 0.2) is 5.69 Å². The van der Waals surface area contributed by atoms with E-state index in [9.17, 15) is 32.7 Å². The van der Waals surface area contributed by atoms with Gasteiger partial charge in [-0.3, -0.25) is 9.59 Å². The van der Waals surface area contributed by atoms with E-state index in [1.807, 2.05) is 6.92 Å². The van der Waals surface area contributed by atoms with Gasteiger partial charge in [0.1, 0.15) is 5.82 Å². The molecule has 0 radical (unpaired) electrons. The van der Waals surface area contributed by atoms with Crippen LogP contribution >= 0.6 is 0 Å². The topological polar surface area (TPSA) is 116 Å². The van der Waals surface area contributed by atoms with E-state index in [4.69, 9.17) is 0 Å². The lowest BCUT2D eigenvalue weighted by molar-refractivity contribution is -0.142. The first-order valence-electron chi connectivity index (χ1n) is 12.0. The van der Waals surface area contributed by atoms with Crippen molar-refractivity contribution in [2.45, 2.75) is 76.6 Å². The number of rotatable bonds is 6. The van der Waals surface area contributed by atoms with Crippen LogP contribution in [0.15, 0.2) is 0 Å². The lowest BCUT2D eigenvalue weighted by atomic mass is 9.84. The molecule has 2 fully saturated rings. The van der Waals surface area contributed by atoms with Crippen molar-refractivity contribution in [3.05, 3.63) is 22.8 Å². The summed E-state index contributed by atoms with van der Waals surface area (Å²) in [6.07, 6.45) is -2.58. The van der Waals surface area contributed by atoms with Crippen LogP contribution in [-0.4, -0.2) is 68.5 Å². The van der Waals surface area contributed by atoms with E-state index in [-0.39, 0.29) is 67.3 Å². The van der Waals surface area contributed by atoms with E-state index in [0.29, 0.717) is 13.0 Å². The fraction of sp³-hybridized carbons (Fsp3) is 0.696. The third-order valence-electron chi connectivity index (χ3n) is 7.10. The highest BCUT2D eigenvalue weighted by molar-refractivity contribution is 5.79. The zero-order valence-electron chi connectivity index (χ0n) is 19.6. The van der Waals surface area contributed by atoms with Gasteiger partial charge in [0, 0.05) is 44.0 Å². The molecule has 1 saturated carbocycles. The summed E-state index contributed by atoms with van der Waals surface area (Å²) in [5.41, 5.74) is -0.686. The molecule has 0 bridgehead atoms. The number of carbonyl (C=O) groups is 3. The van der Waals surface area contributed by atoms with Gasteiger partial charge in [-0.05, 0) is 31.6 Å². The summed E-state index contributed by atoms with van der Waals surface area (Å²) >= 11 is 0. The molecule has 4 rings (SSSR count). The van der Waals surface area contributed by atoms with Crippen molar-refractivity contribution >= 4 is 17.9 Å². The molecule has 35 heavy (non-hydrogen) atoms. The summed E-state index contributed by atoms with van der Waals surface area (Å²) in [7, 11) is 0. The SMILES string of the molecule is C[C@@H]1CCC(=O)N(C[C@H](CC(=O)N2CCc3c(nc(C4CCC4)nc3C(F)(F)F)C2)NC(=O)O)C1. The zero-order valence-corrected chi connectivity index (χ0v) is 19.6. The molecule has 0 spiro atoms. The van der Waals surface area contributed by atoms with Gasteiger partial charge in [-0.15, -0.1) is 0 Å². The summed E-state index contributed by atoms with van der Waals surface area (Å²) in [4.78, 5) is 47.9. The number of amides is 3. The number of nitrogens with one attached hydrogen (secondary N) is 1. The number of aromatic nitrogens is 2. The smallest absolute Gasteiger partial charge is 0.433 e. The van der Waals surface area contributed by atoms with Gasteiger partial charge in [-0.1, -0.05) is 13.3 Å². The van der Waals surface area contributed by atoms with Gasteiger partial charge in [0.25, 0.3) is 0 Å². The number of hydrogen-bond donors (Lipinski definition) is 2. The Morgan fingerprint density at radius 3 is 2.57 bits per heavy atom. The average Bonchev–Trinajstić information content (AvgIpc) is 2.73. The van der Waals surface area contributed by atoms with Crippen molar-refractivity contribution in [1.29, 1.82) is 0 Å². The van der Waals surface area contributed by atoms with E-state index in [2.05, 4.69) is 15.3 Å². The maximum Gasteiger partial charge on any atom is 0.433 e. The van der Waals surface area contributed by atoms with E-state index in [1.165, 1.54) is 4.90 Å². The van der Waals surface area contributed by atoms with Crippen molar-refractivity contribution in [3.63, 3.8) is 0 Å². The lowest BCUT2D eigenvalue weighted by Gasteiger charge is -2.35. The van der Waals surface area contributed by atoms with Gasteiger partial charge in [0.05, 0.1) is 18.3 Å². The fourth-order valence-corrected chi connectivity index (χ4v) is 4.96. The maximum absolute atomic E-state index is 13.7. The molecule has 0 unspecified atom stereocenters. The Balaban J connectivity index is 1.49. The van der Waals surface area contributed by atoms with Crippen LogP contribution in [0.5, 0.6) is 0 Å². The molecule has 192 valence electrons. The van der Waals surface area contributed by atoms with Crippen LogP contribution in [0.4, 0.5) is 18.0 Å². The largest absolute Gasteiger partial charge is 0.465 e. The number of halogens is 3. The molecular formula is C23H30F3N5O4. The number of carbonyl (C=O) groups excluding carboxylic acids is 2. The third-order valence-corrected chi connectivity index (χ3v) is 7.10. The van der Waals surface area contributed by atoms with E-state index < -0.39 is 29.9 Å². The van der Waals surface area contributed by atoms with Gasteiger partial charge in [0.2, 0.25) is 11.8 Å². The van der Waals surface area contributed by atoms with E-state index >= 15 is 0 Å². The lowest BCUT2D eigenvalue weighted by Crippen LogP contribution is -2.50. The molecule has 1 aromatic rings. The summed E-state index contributed by atoms with van der Waals surface area (Å²) in [5.74, 6) is -0.121. The van der Waals surface area contributed by atoms with Crippen LogP contribution in [0.2, 0.25) is 0 Å². The molecule has 0 aromatic carbocycles. The van der Waals surface area contributed by atoms with Crippen LogP contribution in [0.1, 0.15) is 74.1 Å². The standard InChI is InChI=1S/C23H30F3N5O4/c1-13-5-6-18(32)31(10-13)11-15(27-22(34)35)9-19(33)30-8-7-16-17(12-30)28-21(14-3-2-4-14)29-20(16)23(24,25)26/h13-15,27H,2-12H2,1H3,(H,34,35)/t13-,15+/m1/s1. The second kappa shape index (κ2) is 9.98. The number of fused-ring (bicyclic) bond motifs is 1. The summed E-state index contributed by atoms with van der Waals surface area (Å²) in [6.45, 7) is 2.53. The van der Waals surface area contributed by atoms with E-state index in [1.54, 1.807) is 4.90 Å². The highest BCUT2D eigenvalue weighted by Gasteiger charge is 2.40. The molecule has 3 aliphatic rings. The van der Waals surface area contributed by atoms with E-state index in [0.717, 1.165) is 25.7 Å². The van der Waals surface area contributed by atoms with Crippen LogP contribution in [0, 0.1) is 5.92 Å². The summed E-state index contributed by atoms with van der Waals surface area (Å²) in [6, 6.07) is -0.822. The summed E-state index contributed by atoms with van der Waals surface area (Å²) < 4.78 is 41.1. The Bertz CT molecular complexity index is 998. The van der Waals surface area contributed by atoms with Crippen LogP contribution in [0.3, 0.4) is 0 Å². The summed E-state index contributed by atoms with van der Waals surface area (Å²) in [5, 5.41) is 11.6. The predicted octanol–water partition coefficient (Wildman–Crippen LogP) is 2.93. The highest BCUT2D eigenvalue weighted by Crippen LogP contribution is 2.39. The first kappa shape index (κ1) is 25.2. The van der Waals surface area contributed by atoms with Crippen LogP contribution in [0.25, 0.3) is 0 Å². The molecule has 1 aromatic heterocycles. The molecule has 2 N–H and O–H groups in total. The Morgan fingerprint density at radius 1 is 1.20 bits per heavy atom. The molecule has 1 aliphatic carbocycles. The number of hydrogen-bond acceptors (Lipinski definition) is 5. The second-order valence-corrected chi connectivity index (χ2v) is 9.84. The predicted molar refractivity (Wildman–Crippen MR) is 117 cm³/mol. The fourth-order valence-electron chi connectivity index (χ4n) is 4.96. The quantitative estimate of drug-likeness (QED) is 0.625. The van der Waals surface area contributed by atoms with Crippen molar-refractivity contribution in [1.82, 2.24) is 25.1 Å². The third kappa shape index (κ3) is 5.84. The zero-order chi connectivity index (χ0) is 25.3. The monoisotopic (exact) mass is 497 g/mol. The number of nitrogens with zero attached hydrogens (tertiary/aromatic N) is 4. The normalized spacial score (nSPS) is 21.8. The minimum atomic E-state index is -4.60. The molecule has 9 nitrogen and oxygen atoms in total. The van der Waals surface area contributed by atoms with Crippen LogP contribution < -0.4 is 5.32 Å².